The summed E-state index contributed by atoms with van der Waals surface area (Å²) < 4.78 is 26.9. The second kappa shape index (κ2) is 10.5. The first-order valence-electron chi connectivity index (χ1n) is 11.3. The Bertz CT molecular complexity index is 1380. The molecular weight excluding hydrogens is 498 g/mol. The molecule has 3 amide bonds. The van der Waals surface area contributed by atoms with Crippen LogP contribution in [0.5, 0.6) is 0 Å². The fourth-order valence-corrected chi connectivity index (χ4v) is 4.17. The number of nitrogens with zero attached hydrogens (tertiary/aromatic N) is 2. The van der Waals surface area contributed by atoms with Gasteiger partial charge in [0.1, 0.15) is 11.6 Å². The lowest BCUT2D eigenvalue weighted by molar-refractivity contribution is -0.131. The molecule has 1 heterocycles. The summed E-state index contributed by atoms with van der Waals surface area (Å²) in [5.74, 6) is -3.61. The highest BCUT2D eigenvalue weighted by Crippen LogP contribution is 2.27. The number of carbonyl (C=O) groups is 3. The molecule has 10 heteroatoms. The first-order chi connectivity index (χ1) is 17.5. The van der Waals surface area contributed by atoms with Gasteiger partial charge in [0.15, 0.2) is 4.87 Å². The van der Waals surface area contributed by atoms with Gasteiger partial charge in [-0.15, -0.1) is 12.6 Å². The summed E-state index contributed by atoms with van der Waals surface area (Å²) in [5, 5.41) is 5.00. The first-order valence-corrected chi connectivity index (χ1v) is 11.8. The number of fused-ring (bicyclic) bond motifs is 1. The number of benzodiazepines with no additional fused rings is 1. The van der Waals surface area contributed by atoms with Crippen LogP contribution in [0.3, 0.4) is 0 Å². The van der Waals surface area contributed by atoms with E-state index in [1.165, 1.54) is 11.8 Å². The minimum atomic E-state index is -1.76. The van der Waals surface area contributed by atoms with E-state index in [0.717, 1.165) is 17.7 Å². The van der Waals surface area contributed by atoms with Gasteiger partial charge in [-0.25, -0.2) is 13.8 Å². The first kappa shape index (κ1) is 26.0. The van der Waals surface area contributed by atoms with Crippen LogP contribution in [-0.2, 0) is 20.8 Å². The van der Waals surface area contributed by atoms with Gasteiger partial charge in [0.25, 0.3) is 11.8 Å². The number of halogens is 2. The van der Waals surface area contributed by atoms with Crippen molar-refractivity contribution in [2.75, 3.05) is 11.9 Å². The molecule has 0 saturated carbocycles. The highest BCUT2D eigenvalue weighted by molar-refractivity contribution is 7.82. The number of amides is 3. The number of likely N-dealkylation sites (N-methyl/N-ethyl adjacent to an activating group) is 1. The molecule has 4 rings (SSSR count). The van der Waals surface area contributed by atoms with Gasteiger partial charge in [-0.05, 0) is 30.7 Å². The number of anilines is 1. The lowest BCUT2D eigenvalue weighted by Gasteiger charge is -2.27. The highest BCUT2D eigenvalue weighted by Gasteiger charge is 2.36. The Morgan fingerprint density at radius 3 is 2.32 bits per heavy atom. The van der Waals surface area contributed by atoms with Crippen LogP contribution >= 0.6 is 12.6 Å². The normalized spacial score (nSPS) is 16.7. The van der Waals surface area contributed by atoms with Gasteiger partial charge in [0, 0.05) is 24.2 Å². The van der Waals surface area contributed by atoms with E-state index < -0.39 is 40.4 Å². The average molecular weight is 523 g/mol. The molecule has 0 unspecified atom stereocenters. The zero-order valence-corrected chi connectivity index (χ0v) is 20.9. The Morgan fingerprint density at radius 1 is 1.03 bits per heavy atom. The van der Waals surface area contributed by atoms with E-state index in [4.69, 9.17) is 0 Å². The molecular formula is C27H24F2N4O3S. The second-order valence-electron chi connectivity index (χ2n) is 8.71. The molecule has 0 spiro atoms. The zero-order valence-electron chi connectivity index (χ0n) is 20.0. The van der Waals surface area contributed by atoms with Crippen LogP contribution in [0.15, 0.2) is 77.8 Å². The minimum absolute atomic E-state index is 0.0926. The van der Waals surface area contributed by atoms with E-state index in [1.807, 2.05) is 42.5 Å². The predicted octanol–water partition coefficient (Wildman–Crippen LogP) is 3.23. The fraction of sp³-hybridized carbons (Fsp3) is 0.185. The van der Waals surface area contributed by atoms with Crippen LogP contribution < -0.4 is 15.5 Å². The second-order valence-corrected chi connectivity index (χ2v) is 9.60. The molecule has 190 valence electrons. The Labute approximate surface area is 218 Å². The summed E-state index contributed by atoms with van der Waals surface area (Å²) in [7, 11) is 1.59. The number of hydrogen-bond acceptors (Lipinski definition) is 5. The average Bonchev–Trinajstić information content (AvgIpc) is 2.94. The maximum absolute atomic E-state index is 13.5. The van der Waals surface area contributed by atoms with Gasteiger partial charge in [-0.1, -0.05) is 48.5 Å². The van der Waals surface area contributed by atoms with E-state index in [9.17, 15) is 23.2 Å². The summed E-state index contributed by atoms with van der Waals surface area (Å²) >= 11 is 4.28. The van der Waals surface area contributed by atoms with Gasteiger partial charge in [-0.2, -0.15) is 0 Å². The molecule has 3 aromatic carbocycles. The smallest absolute Gasteiger partial charge is 0.272 e. The topological polar surface area (TPSA) is 90.9 Å². The number of carbonyl (C=O) groups excluding carboxylic acids is 3. The third-order valence-corrected chi connectivity index (χ3v) is 6.09. The molecule has 3 aromatic rings. The van der Waals surface area contributed by atoms with Crippen molar-refractivity contribution in [2.45, 2.75) is 24.4 Å². The number of benzene rings is 3. The number of nitrogens with one attached hydrogen (secondary N) is 2. The molecule has 37 heavy (non-hydrogen) atoms. The van der Waals surface area contributed by atoms with Gasteiger partial charge >= 0.3 is 0 Å². The van der Waals surface area contributed by atoms with E-state index in [1.54, 1.807) is 19.2 Å². The third-order valence-electron chi connectivity index (χ3n) is 5.77. The van der Waals surface area contributed by atoms with Gasteiger partial charge in [-0.3, -0.25) is 14.4 Å². The van der Waals surface area contributed by atoms with Crippen molar-refractivity contribution in [1.82, 2.24) is 10.6 Å². The maximum atomic E-state index is 13.5. The van der Waals surface area contributed by atoms with Crippen molar-refractivity contribution in [3.63, 3.8) is 0 Å². The Morgan fingerprint density at radius 2 is 1.65 bits per heavy atom. The van der Waals surface area contributed by atoms with Crippen LogP contribution in [0, 0.1) is 11.6 Å². The Kier molecular flexibility index (Phi) is 7.40. The molecule has 1 aliphatic heterocycles. The van der Waals surface area contributed by atoms with E-state index in [2.05, 4.69) is 28.3 Å². The van der Waals surface area contributed by atoms with E-state index in [0.29, 0.717) is 23.0 Å². The van der Waals surface area contributed by atoms with Crippen molar-refractivity contribution in [2.24, 2.45) is 4.99 Å². The van der Waals surface area contributed by atoms with Gasteiger partial charge in [0.05, 0.1) is 17.8 Å². The van der Waals surface area contributed by atoms with Gasteiger partial charge < -0.3 is 15.5 Å². The number of aliphatic imine (C=N–C) groups is 1. The molecule has 1 aliphatic rings. The minimum Gasteiger partial charge on any atom is -0.334 e. The number of hydrogen-bond donors (Lipinski definition) is 3. The lowest BCUT2D eigenvalue weighted by Crippen LogP contribution is -2.57. The summed E-state index contributed by atoms with van der Waals surface area (Å²) in [6, 6.07) is 19.2. The molecule has 0 fully saturated rings. The summed E-state index contributed by atoms with van der Waals surface area (Å²) in [6.07, 6.45) is -1.68. The summed E-state index contributed by atoms with van der Waals surface area (Å²) in [6.45, 7) is 1.33. The molecule has 0 aromatic heterocycles. The maximum Gasteiger partial charge on any atom is 0.272 e. The van der Waals surface area contributed by atoms with Crippen LogP contribution in [0.2, 0.25) is 0 Å². The predicted molar refractivity (Wildman–Crippen MR) is 139 cm³/mol. The van der Waals surface area contributed by atoms with Crippen LogP contribution in [-0.4, -0.2) is 41.5 Å². The SMILES string of the molecule is CN1C(=O)[C@@H](NC(=O)[C@](C)(S)NC(=O)Cc2cc(F)cc(F)c2)N=C(c2ccccc2)c2ccccc21. The quantitative estimate of drug-likeness (QED) is 0.343. The lowest BCUT2D eigenvalue weighted by atomic mass is 10.0. The van der Waals surface area contributed by atoms with Crippen molar-refractivity contribution in [3.05, 3.63) is 101 Å². The Balaban J connectivity index is 1.57. The highest BCUT2D eigenvalue weighted by atomic mass is 32.1. The van der Waals surface area contributed by atoms with E-state index in [-0.39, 0.29) is 12.0 Å². The van der Waals surface area contributed by atoms with Gasteiger partial charge in [0.2, 0.25) is 12.1 Å². The van der Waals surface area contributed by atoms with E-state index >= 15 is 0 Å². The summed E-state index contributed by atoms with van der Waals surface area (Å²) in [4.78, 5) is 43.2. The van der Waals surface area contributed by atoms with Crippen molar-refractivity contribution in [3.8, 4) is 0 Å². The fourth-order valence-electron chi connectivity index (χ4n) is 3.98. The van der Waals surface area contributed by atoms with Crippen LogP contribution in [0.1, 0.15) is 23.6 Å². The van der Waals surface area contributed by atoms with Crippen molar-refractivity contribution < 1.29 is 23.2 Å². The molecule has 0 saturated heterocycles. The molecule has 2 N–H and O–H groups in total. The van der Waals surface area contributed by atoms with Crippen LogP contribution in [0.25, 0.3) is 0 Å². The zero-order chi connectivity index (χ0) is 26.7. The van der Waals surface area contributed by atoms with Crippen molar-refractivity contribution in [1.29, 1.82) is 0 Å². The molecule has 2 atom stereocenters. The number of rotatable bonds is 6. The molecule has 7 nitrogen and oxygen atoms in total. The number of thiol groups is 1. The monoisotopic (exact) mass is 522 g/mol. The molecule has 0 radical (unpaired) electrons. The Hall–Kier alpha value is -4.05. The molecule has 0 bridgehead atoms. The molecule has 0 aliphatic carbocycles. The van der Waals surface area contributed by atoms with Crippen molar-refractivity contribution >= 4 is 41.7 Å². The summed E-state index contributed by atoms with van der Waals surface area (Å²) in [5.41, 5.74) is 2.69. The number of para-hydroxylation sites is 1. The third kappa shape index (κ3) is 5.86. The van der Waals surface area contributed by atoms with Crippen LogP contribution in [0.4, 0.5) is 14.5 Å². The standard InChI is InChI=1S/C27H24F2N4O3S/c1-27(37,32-22(34)14-16-12-18(28)15-19(29)13-16)26(36)31-24-25(35)33(2)21-11-7-6-10-20(21)23(30-24)17-8-4-3-5-9-17/h3-13,15,24,37H,14H2,1-2H3,(H,31,36)(H,32,34)/t24-,27+/m1/s1. The largest absolute Gasteiger partial charge is 0.334 e.